The van der Waals surface area contributed by atoms with Gasteiger partial charge in [-0.3, -0.25) is 0 Å². The Morgan fingerprint density at radius 3 is 2.71 bits per heavy atom. The number of benzene rings is 1. The molecule has 17 heavy (non-hydrogen) atoms. The van der Waals surface area contributed by atoms with E-state index in [9.17, 15) is 4.79 Å². The van der Waals surface area contributed by atoms with Crippen molar-refractivity contribution in [2.75, 3.05) is 26.8 Å². The fraction of sp³-hybridized carbons (Fsp3) is 0.308. The molecular formula is C13H17NO3. The Hall–Kier alpha value is -1.81. The molecule has 0 aliphatic rings. The molecule has 0 radical (unpaired) electrons. The molecule has 0 heterocycles. The highest BCUT2D eigenvalue weighted by Crippen LogP contribution is 2.12. The van der Waals surface area contributed by atoms with Crippen molar-refractivity contribution in [1.82, 2.24) is 5.32 Å². The first-order valence-corrected chi connectivity index (χ1v) is 5.40. The predicted octanol–water partition coefficient (Wildman–Crippen LogP) is 1.63. The zero-order valence-electron chi connectivity index (χ0n) is 9.94. The topological polar surface area (TPSA) is 47.6 Å². The van der Waals surface area contributed by atoms with Crippen LogP contribution in [0.1, 0.15) is 10.4 Å². The summed E-state index contributed by atoms with van der Waals surface area (Å²) in [6.07, 6.45) is 1.80. The summed E-state index contributed by atoms with van der Waals surface area (Å²) in [6.45, 7) is 5.70. The number of hydrogen-bond acceptors (Lipinski definition) is 4. The van der Waals surface area contributed by atoms with E-state index < -0.39 is 0 Å². The molecule has 0 aromatic heterocycles. The number of hydrogen-bond donors (Lipinski definition) is 1. The van der Waals surface area contributed by atoms with E-state index in [-0.39, 0.29) is 5.97 Å². The van der Waals surface area contributed by atoms with Gasteiger partial charge >= 0.3 is 5.97 Å². The second-order valence-electron chi connectivity index (χ2n) is 3.36. The Kier molecular flexibility index (Phi) is 5.82. The first-order chi connectivity index (χ1) is 8.27. The minimum Gasteiger partial charge on any atom is -0.492 e. The van der Waals surface area contributed by atoms with Crippen LogP contribution in [0.15, 0.2) is 36.9 Å². The molecule has 0 unspecified atom stereocenters. The van der Waals surface area contributed by atoms with Crippen molar-refractivity contribution in [3.05, 3.63) is 42.5 Å². The Morgan fingerprint density at radius 2 is 2.12 bits per heavy atom. The van der Waals surface area contributed by atoms with E-state index in [2.05, 4.69) is 16.6 Å². The minimum atomic E-state index is -0.343. The van der Waals surface area contributed by atoms with Crippen molar-refractivity contribution in [2.24, 2.45) is 0 Å². The third kappa shape index (κ3) is 4.70. The van der Waals surface area contributed by atoms with E-state index in [0.29, 0.717) is 12.2 Å². The van der Waals surface area contributed by atoms with Gasteiger partial charge in [-0.15, -0.1) is 6.58 Å². The lowest BCUT2D eigenvalue weighted by Crippen LogP contribution is -2.20. The largest absolute Gasteiger partial charge is 0.492 e. The maximum absolute atomic E-state index is 11.2. The van der Waals surface area contributed by atoms with Crippen LogP contribution in [-0.4, -0.2) is 32.8 Å². The molecule has 0 saturated heterocycles. The molecule has 0 saturated carbocycles. The molecule has 0 fully saturated rings. The van der Waals surface area contributed by atoms with Gasteiger partial charge in [-0.2, -0.15) is 0 Å². The Morgan fingerprint density at radius 1 is 1.41 bits per heavy atom. The second-order valence-corrected chi connectivity index (χ2v) is 3.36. The van der Waals surface area contributed by atoms with Crippen LogP contribution in [0.25, 0.3) is 0 Å². The molecule has 0 aliphatic carbocycles. The summed E-state index contributed by atoms with van der Waals surface area (Å²) in [5, 5.41) is 3.13. The molecule has 4 nitrogen and oxygen atoms in total. The average molecular weight is 235 g/mol. The summed E-state index contributed by atoms with van der Waals surface area (Å²) in [5.41, 5.74) is 0.518. The number of carbonyl (C=O) groups is 1. The highest BCUT2D eigenvalue weighted by molar-refractivity contribution is 5.89. The van der Waals surface area contributed by atoms with Crippen LogP contribution in [0.2, 0.25) is 0 Å². The van der Waals surface area contributed by atoms with Crippen LogP contribution >= 0.6 is 0 Å². The van der Waals surface area contributed by atoms with Gasteiger partial charge in [0.15, 0.2) is 0 Å². The van der Waals surface area contributed by atoms with E-state index in [1.54, 1.807) is 30.3 Å². The van der Waals surface area contributed by atoms with Crippen LogP contribution in [-0.2, 0) is 4.74 Å². The van der Waals surface area contributed by atoms with Crippen LogP contribution in [0.3, 0.4) is 0 Å². The number of esters is 1. The van der Waals surface area contributed by atoms with Crippen LogP contribution < -0.4 is 10.1 Å². The summed E-state index contributed by atoms with van der Waals surface area (Å²) in [5.74, 6) is 0.391. The molecule has 1 aromatic carbocycles. The molecular weight excluding hydrogens is 218 g/mol. The Labute approximate surface area is 101 Å². The summed E-state index contributed by atoms with van der Waals surface area (Å²) >= 11 is 0. The Bertz CT molecular complexity index is 359. The lowest BCUT2D eigenvalue weighted by atomic mass is 10.2. The average Bonchev–Trinajstić information content (AvgIpc) is 2.38. The fourth-order valence-corrected chi connectivity index (χ4v) is 1.25. The van der Waals surface area contributed by atoms with E-state index >= 15 is 0 Å². The quantitative estimate of drug-likeness (QED) is 0.443. The van der Waals surface area contributed by atoms with Gasteiger partial charge in [-0.05, 0) is 24.3 Å². The van der Waals surface area contributed by atoms with E-state index in [0.717, 1.165) is 18.8 Å². The minimum absolute atomic E-state index is 0.343. The van der Waals surface area contributed by atoms with E-state index in [4.69, 9.17) is 4.74 Å². The normalized spacial score (nSPS) is 9.71. The van der Waals surface area contributed by atoms with Gasteiger partial charge in [0, 0.05) is 13.1 Å². The van der Waals surface area contributed by atoms with Crippen molar-refractivity contribution in [2.45, 2.75) is 0 Å². The van der Waals surface area contributed by atoms with Crippen molar-refractivity contribution < 1.29 is 14.3 Å². The van der Waals surface area contributed by atoms with Gasteiger partial charge in [0.25, 0.3) is 0 Å². The summed E-state index contributed by atoms with van der Waals surface area (Å²) in [7, 11) is 1.36. The Balaban J connectivity index is 2.35. The lowest BCUT2D eigenvalue weighted by Gasteiger charge is -2.07. The van der Waals surface area contributed by atoms with Crippen molar-refractivity contribution >= 4 is 5.97 Å². The maximum Gasteiger partial charge on any atom is 0.337 e. The van der Waals surface area contributed by atoms with Crippen LogP contribution in [0.4, 0.5) is 0 Å². The van der Waals surface area contributed by atoms with E-state index in [1.807, 2.05) is 0 Å². The first kappa shape index (κ1) is 13.3. The summed E-state index contributed by atoms with van der Waals surface area (Å²) in [4.78, 5) is 11.2. The van der Waals surface area contributed by atoms with Gasteiger partial charge in [-0.25, -0.2) is 4.79 Å². The molecule has 4 heteroatoms. The van der Waals surface area contributed by atoms with Gasteiger partial charge < -0.3 is 14.8 Å². The molecule has 0 amide bonds. The molecule has 0 atom stereocenters. The second kappa shape index (κ2) is 7.46. The highest BCUT2D eigenvalue weighted by Gasteiger charge is 2.04. The molecule has 92 valence electrons. The maximum atomic E-state index is 11.2. The standard InChI is InChI=1S/C13H17NO3/c1-3-8-14-9-10-17-12-6-4-11(5-7-12)13(15)16-2/h3-7,14H,1,8-10H2,2H3. The van der Waals surface area contributed by atoms with Gasteiger partial charge in [0.05, 0.1) is 12.7 Å². The fourth-order valence-electron chi connectivity index (χ4n) is 1.25. The molecule has 1 rings (SSSR count). The third-order valence-corrected chi connectivity index (χ3v) is 2.11. The number of carbonyl (C=O) groups excluding carboxylic acids is 1. The highest BCUT2D eigenvalue weighted by atomic mass is 16.5. The molecule has 1 aromatic rings. The molecule has 0 bridgehead atoms. The van der Waals surface area contributed by atoms with Gasteiger partial charge in [0.1, 0.15) is 12.4 Å². The van der Waals surface area contributed by atoms with Crippen LogP contribution in [0, 0.1) is 0 Å². The number of rotatable bonds is 7. The number of nitrogens with one attached hydrogen (secondary N) is 1. The van der Waals surface area contributed by atoms with Crippen molar-refractivity contribution in [3.63, 3.8) is 0 Å². The molecule has 0 spiro atoms. The molecule has 1 N–H and O–H groups in total. The summed E-state index contributed by atoms with van der Waals surface area (Å²) < 4.78 is 10.1. The summed E-state index contributed by atoms with van der Waals surface area (Å²) in [6, 6.07) is 6.86. The van der Waals surface area contributed by atoms with Crippen LogP contribution in [0.5, 0.6) is 5.75 Å². The van der Waals surface area contributed by atoms with Crippen molar-refractivity contribution in [3.8, 4) is 5.75 Å². The third-order valence-electron chi connectivity index (χ3n) is 2.11. The SMILES string of the molecule is C=CCNCCOc1ccc(C(=O)OC)cc1. The lowest BCUT2D eigenvalue weighted by molar-refractivity contribution is 0.0600. The molecule has 0 aliphatic heterocycles. The zero-order chi connectivity index (χ0) is 12.5. The number of ether oxygens (including phenoxy) is 2. The smallest absolute Gasteiger partial charge is 0.337 e. The predicted molar refractivity (Wildman–Crippen MR) is 66.3 cm³/mol. The van der Waals surface area contributed by atoms with Gasteiger partial charge in [0.2, 0.25) is 0 Å². The zero-order valence-corrected chi connectivity index (χ0v) is 9.94. The van der Waals surface area contributed by atoms with E-state index in [1.165, 1.54) is 7.11 Å². The van der Waals surface area contributed by atoms with Gasteiger partial charge in [-0.1, -0.05) is 6.08 Å². The van der Waals surface area contributed by atoms with Crippen molar-refractivity contribution in [1.29, 1.82) is 0 Å². The first-order valence-electron chi connectivity index (χ1n) is 5.40. The monoisotopic (exact) mass is 235 g/mol. The number of methoxy groups -OCH3 is 1.